The normalized spacial score (nSPS) is 17.1. The number of likely N-dealkylation sites (tertiary alicyclic amines) is 1. The lowest BCUT2D eigenvalue weighted by molar-refractivity contribution is -0.137. The van der Waals surface area contributed by atoms with Gasteiger partial charge in [0.25, 0.3) is 0 Å². The summed E-state index contributed by atoms with van der Waals surface area (Å²) in [5.41, 5.74) is 0.974. The van der Waals surface area contributed by atoms with Gasteiger partial charge in [-0.25, -0.2) is 8.42 Å². The molecule has 41 heavy (non-hydrogen) atoms. The number of benzene rings is 1. The number of nitrogens with zero attached hydrogens (tertiary/aromatic N) is 3. The van der Waals surface area contributed by atoms with Crippen LogP contribution >= 0.6 is 0 Å². The summed E-state index contributed by atoms with van der Waals surface area (Å²) in [5, 5.41) is 0. The topological polar surface area (TPSA) is 87.2 Å². The first kappa shape index (κ1) is 33.4. The SMILES string of the molecule is CCCCCCCC(=O)N1CCC(N(Cc2ccc(OC)cc2)C(=O)CN(CC2CCCCC2)S(=O)(=O)CC)CC1. The quantitative estimate of drug-likeness (QED) is 0.233. The predicted molar refractivity (Wildman–Crippen MR) is 164 cm³/mol. The summed E-state index contributed by atoms with van der Waals surface area (Å²) in [6.45, 7) is 5.80. The average Bonchev–Trinajstić information content (AvgIpc) is 3.00. The molecule has 1 saturated carbocycles. The number of methoxy groups -OCH3 is 1. The minimum atomic E-state index is -3.52. The van der Waals surface area contributed by atoms with E-state index in [1.807, 2.05) is 34.1 Å². The Morgan fingerprint density at radius 1 is 0.927 bits per heavy atom. The zero-order valence-electron chi connectivity index (χ0n) is 25.7. The second-order valence-corrected chi connectivity index (χ2v) is 14.1. The van der Waals surface area contributed by atoms with Gasteiger partial charge in [0.2, 0.25) is 21.8 Å². The highest BCUT2D eigenvalue weighted by molar-refractivity contribution is 7.89. The third kappa shape index (κ3) is 10.6. The number of carbonyl (C=O) groups is 2. The lowest BCUT2D eigenvalue weighted by atomic mass is 9.89. The van der Waals surface area contributed by atoms with Crippen molar-refractivity contribution >= 4 is 21.8 Å². The van der Waals surface area contributed by atoms with Gasteiger partial charge in [0.1, 0.15) is 5.75 Å². The molecule has 1 aromatic rings. The molecular formula is C32H53N3O5S. The standard InChI is InChI=1S/C32H53N3O5S/c1-4-6-7-8-12-15-31(36)33-22-20-29(21-23-33)35(25-28-16-18-30(40-3)19-17-28)32(37)26-34(41(38,39)5-2)24-27-13-10-9-11-14-27/h16-19,27,29H,4-15,20-26H2,1-3H3. The van der Waals surface area contributed by atoms with Crippen LogP contribution < -0.4 is 4.74 Å². The van der Waals surface area contributed by atoms with E-state index in [1.165, 1.54) is 30.0 Å². The zero-order chi connectivity index (χ0) is 29.7. The van der Waals surface area contributed by atoms with E-state index in [0.29, 0.717) is 51.4 Å². The molecule has 1 saturated heterocycles. The van der Waals surface area contributed by atoms with Crippen molar-refractivity contribution in [1.82, 2.24) is 14.1 Å². The number of amides is 2. The molecule has 9 heteroatoms. The van der Waals surface area contributed by atoms with Gasteiger partial charge in [-0.3, -0.25) is 9.59 Å². The van der Waals surface area contributed by atoms with Crippen LogP contribution in [0.25, 0.3) is 0 Å². The minimum Gasteiger partial charge on any atom is -0.497 e. The molecular weight excluding hydrogens is 538 g/mol. The number of sulfonamides is 1. The highest BCUT2D eigenvalue weighted by Gasteiger charge is 2.33. The molecule has 2 amide bonds. The van der Waals surface area contributed by atoms with E-state index in [2.05, 4.69) is 6.92 Å². The van der Waals surface area contributed by atoms with Gasteiger partial charge < -0.3 is 14.5 Å². The summed E-state index contributed by atoms with van der Waals surface area (Å²) < 4.78 is 32.9. The van der Waals surface area contributed by atoms with Crippen LogP contribution in [0.2, 0.25) is 0 Å². The molecule has 0 N–H and O–H groups in total. The van der Waals surface area contributed by atoms with Gasteiger partial charge in [0.05, 0.1) is 19.4 Å². The van der Waals surface area contributed by atoms with E-state index < -0.39 is 10.0 Å². The molecule has 1 aromatic carbocycles. The maximum atomic E-state index is 13.9. The monoisotopic (exact) mass is 591 g/mol. The van der Waals surface area contributed by atoms with E-state index in [4.69, 9.17) is 4.74 Å². The van der Waals surface area contributed by atoms with Gasteiger partial charge in [-0.1, -0.05) is 64.0 Å². The van der Waals surface area contributed by atoms with E-state index in [1.54, 1.807) is 14.0 Å². The molecule has 0 atom stereocenters. The molecule has 1 aliphatic heterocycles. The first-order chi connectivity index (χ1) is 19.8. The fourth-order valence-electron chi connectivity index (χ4n) is 6.17. The smallest absolute Gasteiger partial charge is 0.238 e. The molecule has 1 heterocycles. The highest BCUT2D eigenvalue weighted by atomic mass is 32.2. The fourth-order valence-corrected chi connectivity index (χ4v) is 7.28. The first-order valence-corrected chi connectivity index (χ1v) is 17.6. The van der Waals surface area contributed by atoms with Crippen molar-refractivity contribution in [2.75, 3.05) is 39.0 Å². The van der Waals surface area contributed by atoms with Crippen molar-refractivity contribution < 1.29 is 22.7 Å². The van der Waals surface area contributed by atoms with E-state index >= 15 is 0 Å². The Labute approximate surface area is 248 Å². The number of carbonyl (C=O) groups excluding carboxylic acids is 2. The van der Waals surface area contributed by atoms with Crippen LogP contribution in [0.5, 0.6) is 5.75 Å². The van der Waals surface area contributed by atoms with Crippen LogP contribution in [-0.4, -0.2) is 79.4 Å². The predicted octanol–water partition coefficient (Wildman–Crippen LogP) is 5.61. The number of unbranched alkanes of at least 4 members (excludes halogenated alkanes) is 4. The molecule has 0 bridgehead atoms. The van der Waals surface area contributed by atoms with Crippen LogP contribution in [0, 0.1) is 5.92 Å². The van der Waals surface area contributed by atoms with Crippen LogP contribution in [0.15, 0.2) is 24.3 Å². The summed E-state index contributed by atoms with van der Waals surface area (Å²) in [6.07, 6.45) is 13.1. The van der Waals surface area contributed by atoms with Crippen molar-refractivity contribution in [3.8, 4) is 5.75 Å². The Balaban J connectivity index is 1.69. The largest absolute Gasteiger partial charge is 0.497 e. The number of hydrogen-bond acceptors (Lipinski definition) is 5. The second-order valence-electron chi connectivity index (χ2n) is 11.8. The summed E-state index contributed by atoms with van der Waals surface area (Å²) in [4.78, 5) is 30.6. The third-order valence-corrected chi connectivity index (χ3v) is 10.6. The molecule has 2 aliphatic rings. The fraction of sp³-hybridized carbons (Fsp3) is 0.750. The lowest BCUT2D eigenvalue weighted by Gasteiger charge is -2.39. The van der Waals surface area contributed by atoms with E-state index in [9.17, 15) is 18.0 Å². The highest BCUT2D eigenvalue weighted by Crippen LogP contribution is 2.26. The van der Waals surface area contributed by atoms with Crippen molar-refractivity contribution in [3.05, 3.63) is 29.8 Å². The molecule has 232 valence electrons. The molecule has 0 radical (unpaired) electrons. The van der Waals surface area contributed by atoms with Crippen molar-refractivity contribution in [2.24, 2.45) is 5.92 Å². The van der Waals surface area contributed by atoms with Crippen molar-refractivity contribution in [1.29, 1.82) is 0 Å². The molecule has 3 rings (SSSR count). The lowest BCUT2D eigenvalue weighted by Crippen LogP contribution is -2.52. The Hall–Kier alpha value is -2.13. The second kappa shape index (κ2) is 17.1. The first-order valence-electron chi connectivity index (χ1n) is 15.9. The van der Waals surface area contributed by atoms with E-state index in [0.717, 1.165) is 49.8 Å². The number of ether oxygens (including phenoxy) is 1. The van der Waals surface area contributed by atoms with Crippen LogP contribution in [0.4, 0.5) is 0 Å². The number of rotatable bonds is 16. The minimum absolute atomic E-state index is 0.00950. The number of piperidine rings is 1. The summed E-state index contributed by atoms with van der Waals surface area (Å²) in [7, 11) is -1.89. The summed E-state index contributed by atoms with van der Waals surface area (Å²) >= 11 is 0. The van der Waals surface area contributed by atoms with Gasteiger partial charge in [0, 0.05) is 38.6 Å². The Kier molecular flexibility index (Phi) is 13.9. The molecule has 0 spiro atoms. The Bertz CT molecular complexity index is 1030. The van der Waals surface area contributed by atoms with Crippen LogP contribution in [0.3, 0.4) is 0 Å². The number of hydrogen-bond donors (Lipinski definition) is 0. The molecule has 1 aliphatic carbocycles. The molecule has 0 aromatic heterocycles. The molecule has 0 unspecified atom stereocenters. The molecule has 8 nitrogen and oxygen atoms in total. The maximum Gasteiger partial charge on any atom is 0.238 e. The van der Waals surface area contributed by atoms with Crippen LogP contribution in [0.1, 0.15) is 103 Å². The Morgan fingerprint density at radius 2 is 1.59 bits per heavy atom. The molecule has 2 fully saturated rings. The van der Waals surface area contributed by atoms with Crippen molar-refractivity contribution in [3.63, 3.8) is 0 Å². The van der Waals surface area contributed by atoms with Gasteiger partial charge in [-0.15, -0.1) is 0 Å². The maximum absolute atomic E-state index is 13.9. The summed E-state index contributed by atoms with van der Waals surface area (Å²) in [5.74, 6) is 1.10. The van der Waals surface area contributed by atoms with Gasteiger partial charge in [-0.2, -0.15) is 4.31 Å². The zero-order valence-corrected chi connectivity index (χ0v) is 26.5. The average molecular weight is 592 g/mol. The van der Waals surface area contributed by atoms with Gasteiger partial charge in [0.15, 0.2) is 0 Å². The Morgan fingerprint density at radius 3 is 2.20 bits per heavy atom. The van der Waals surface area contributed by atoms with Crippen LogP contribution in [-0.2, 0) is 26.2 Å². The van der Waals surface area contributed by atoms with Gasteiger partial charge >= 0.3 is 0 Å². The third-order valence-electron chi connectivity index (χ3n) is 8.84. The van der Waals surface area contributed by atoms with E-state index in [-0.39, 0.29) is 30.2 Å². The van der Waals surface area contributed by atoms with Gasteiger partial charge in [-0.05, 0) is 62.6 Å². The summed E-state index contributed by atoms with van der Waals surface area (Å²) in [6, 6.07) is 7.64. The van der Waals surface area contributed by atoms with Crippen molar-refractivity contribution in [2.45, 2.75) is 110 Å².